The SMILES string of the molecule is COC(=O)COC(=O)/C=C\C(=O)OC(C)C. The lowest BCUT2D eigenvalue weighted by Gasteiger charge is -2.03. The highest BCUT2D eigenvalue weighted by Crippen LogP contribution is 1.91. The zero-order valence-electron chi connectivity index (χ0n) is 9.39. The lowest BCUT2D eigenvalue weighted by atomic mass is 10.4. The summed E-state index contributed by atoms with van der Waals surface area (Å²) in [6.45, 7) is 2.88. The summed E-state index contributed by atoms with van der Waals surface area (Å²) >= 11 is 0. The summed E-state index contributed by atoms with van der Waals surface area (Å²) in [4.78, 5) is 32.5. The fourth-order valence-electron chi connectivity index (χ4n) is 0.645. The molecule has 0 radical (unpaired) electrons. The van der Waals surface area contributed by atoms with Gasteiger partial charge in [-0.3, -0.25) is 0 Å². The predicted octanol–water partition coefficient (Wildman–Crippen LogP) is 0.210. The molecule has 0 aromatic rings. The van der Waals surface area contributed by atoms with Crippen molar-refractivity contribution in [1.29, 1.82) is 0 Å². The largest absolute Gasteiger partial charge is 0.466 e. The first kappa shape index (κ1) is 14.2. The molecule has 0 bridgehead atoms. The molecule has 6 nitrogen and oxygen atoms in total. The first-order valence-electron chi connectivity index (χ1n) is 4.58. The van der Waals surface area contributed by atoms with Crippen molar-refractivity contribution in [2.24, 2.45) is 0 Å². The third kappa shape index (κ3) is 7.54. The molecule has 0 heterocycles. The molecule has 0 rings (SSSR count). The number of carbonyl (C=O) groups is 3. The summed E-state index contributed by atoms with van der Waals surface area (Å²) in [5, 5.41) is 0. The van der Waals surface area contributed by atoms with Crippen LogP contribution in [-0.2, 0) is 28.6 Å². The lowest BCUT2D eigenvalue weighted by molar-refractivity contribution is -0.154. The molecule has 0 aromatic carbocycles. The molecule has 0 spiro atoms. The van der Waals surface area contributed by atoms with Crippen LogP contribution in [0, 0.1) is 0 Å². The fourth-order valence-corrected chi connectivity index (χ4v) is 0.645. The summed E-state index contributed by atoms with van der Waals surface area (Å²) < 4.78 is 13.4. The first-order valence-corrected chi connectivity index (χ1v) is 4.58. The maximum atomic E-state index is 10.9. The minimum atomic E-state index is -0.814. The van der Waals surface area contributed by atoms with E-state index in [1.165, 1.54) is 7.11 Å². The summed E-state index contributed by atoms with van der Waals surface area (Å²) in [5.41, 5.74) is 0. The van der Waals surface area contributed by atoms with E-state index in [2.05, 4.69) is 9.47 Å². The zero-order chi connectivity index (χ0) is 12.6. The van der Waals surface area contributed by atoms with Gasteiger partial charge in [0.15, 0.2) is 6.61 Å². The van der Waals surface area contributed by atoms with Gasteiger partial charge < -0.3 is 14.2 Å². The third-order valence-corrected chi connectivity index (χ3v) is 1.27. The Kier molecular flexibility index (Phi) is 6.58. The average molecular weight is 230 g/mol. The van der Waals surface area contributed by atoms with Gasteiger partial charge in [0.25, 0.3) is 0 Å². The Morgan fingerprint density at radius 3 is 2.19 bits per heavy atom. The molecule has 6 heteroatoms. The molecular formula is C10H14O6. The predicted molar refractivity (Wildman–Crippen MR) is 53.3 cm³/mol. The Bertz CT molecular complexity index is 292. The van der Waals surface area contributed by atoms with E-state index >= 15 is 0 Å². The topological polar surface area (TPSA) is 78.9 Å². The maximum Gasteiger partial charge on any atom is 0.344 e. The second-order valence-corrected chi connectivity index (χ2v) is 3.00. The van der Waals surface area contributed by atoms with Crippen LogP contribution in [0.3, 0.4) is 0 Å². The van der Waals surface area contributed by atoms with Gasteiger partial charge >= 0.3 is 17.9 Å². The number of hydrogen-bond donors (Lipinski definition) is 0. The van der Waals surface area contributed by atoms with E-state index in [0.29, 0.717) is 0 Å². The summed E-state index contributed by atoms with van der Waals surface area (Å²) in [7, 11) is 1.17. The molecule has 0 aliphatic rings. The molecule has 0 fully saturated rings. The van der Waals surface area contributed by atoms with E-state index in [1.807, 2.05) is 0 Å². The minimum absolute atomic E-state index is 0.261. The molecule has 0 saturated heterocycles. The standard InChI is InChI=1S/C10H14O6/c1-7(2)16-9(12)5-4-8(11)15-6-10(13)14-3/h4-5,7H,6H2,1-3H3/b5-4-. The monoisotopic (exact) mass is 230 g/mol. The fraction of sp³-hybridized carbons (Fsp3) is 0.500. The highest BCUT2D eigenvalue weighted by molar-refractivity contribution is 5.92. The van der Waals surface area contributed by atoms with Crippen molar-refractivity contribution in [1.82, 2.24) is 0 Å². The quantitative estimate of drug-likeness (QED) is 0.381. The Labute approximate surface area is 93.2 Å². The molecular weight excluding hydrogens is 216 g/mol. The molecule has 90 valence electrons. The first-order chi connectivity index (χ1) is 7.45. The number of rotatable bonds is 5. The number of ether oxygens (including phenoxy) is 3. The molecule has 0 unspecified atom stereocenters. The molecule has 0 atom stereocenters. The van der Waals surface area contributed by atoms with E-state index in [0.717, 1.165) is 12.2 Å². The highest BCUT2D eigenvalue weighted by atomic mass is 16.6. The second-order valence-electron chi connectivity index (χ2n) is 3.00. The minimum Gasteiger partial charge on any atom is -0.466 e. The van der Waals surface area contributed by atoms with Crippen LogP contribution in [0.15, 0.2) is 12.2 Å². The highest BCUT2D eigenvalue weighted by Gasteiger charge is 2.05. The summed E-state index contributed by atoms with van der Waals surface area (Å²) in [5.74, 6) is -2.14. The second kappa shape index (κ2) is 7.44. The molecule has 0 aliphatic carbocycles. The molecule has 0 aliphatic heterocycles. The van der Waals surface area contributed by atoms with Crippen molar-refractivity contribution >= 4 is 17.9 Å². The molecule has 0 amide bonds. The molecule has 0 saturated carbocycles. The van der Waals surface area contributed by atoms with Crippen LogP contribution < -0.4 is 0 Å². The van der Waals surface area contributed by atoms with Gasteiger partial charge in [0, 0.05) is 12.2 Å². The van der Waals surface area contributed by atoms with Gasteiger partial charge in [0.1, 0.15) is 0 Å². The van der Waals surface area contributed by atoms with Crippen LogP contribution in [-0.4, -0.2) is 37.7 Å². The Balaban J connectivity index is 3.91. The Morgan fingerprint density at radius 1 is 1.12 bits per heavy atom. The van der Waals surface area contributed by atoms with Crippen molar-refractivity contribution in [3.05, 3.63) is 12.2 Å². The molecule has 0 aromatic heterocycles. The average Bonchev–Trinajstić information content (AvgIpc) is 2.22. The van der Waals surface area contributed by atoms with Gasteiger partial charge in [-0.15, -0.1) is 0 Å². The molecule has 16 heavy (non-hydrogen) atoms. The number of hydrogen-bond acceptors (Lipinski definition) is 6. The van der Waals surface area contributed by atoms with E-state index in [-0.39, 0.29) is 6.10 Å². The van der Waals surface area contributed by atoms with E-state index in [4.69, 9.17) is 4.74 Å². The van der Waals surface area contributed by atoms with Gasteiger partial charge in [-0.05, 0) is 13.8 Å². The summed E-state index contributed by atoms with van der Waals surface area (Å²) in [6, 6.07) is 0. The van der Waals surface area contributed by atoms with Crippen molar-refractivity contribution in [2.45, 2.75) is 20.0 Å². The van der Waals surface area contributed by atoms with Crippen molar-refractivity contribution in [3.8, 4) is 0 Å². The van der Waals surface area contributed by atoms with Crippen molar-refractivity contribution < 1.29 is 28.6 Å². The van der Waals surface area contributed by atoms with Gasteiger partial charge in [-0.25, -0.2) is 14.4 Å². The van der Waals surface area contributed by atoms with Crippen LogP contribution in [0.4, 0.5) is 0 Å². The van der Waals surface area contributed by atoms with Crippen LogP contribution in [0.1, 0.15) is 13.8 Å². The van der Waals surface area contributed by atoms with E-state index in [9.17, 15) is 14.4 Å². The van der Waals surface area contributed by atoms with Crippen LogP contribution in [0.5, 0.6) is 0 Å². The van der Waals surface area contributed by atoms with Crippen molar-refractivity contribution in [3.63, 3.8) is 0 Å². The van der Waals surface area contributed by atoms with Gasteiger partial charge in [-0.2, -0.15) is 0 Å². The van der Waals surface area contributed by atoms with Crippen LogP contribution >= 0.6 is 0 Å². The van der Waals surface area contributed by atoms with Crippen LogP contribution in [0.2, 0.25) is 0 Å². The zero-order valence-corrected chi connectivity index (χ0v) is 9.39. The number of esters is 3. The number of carbonyl (C=O) groups excluding carboxylic acids is 3. The van der Waals surface area contributed by atoms with E-state index in [1.54, 1.807) is 13.8 Å². The third-order valence-electron chi connectivity index (χ3n) is 1.27. The molecule has 0 N–H and O–H groups in total. The maximum absolute atomic E-state index is 10.9. The van der Waals surface area contributed by atoms with Gasteiger partial charge in [0.2, 0.25) is 0 Å². The summed E-state index contributed by atoms with van der Waals surface area (Å²) in [6.07, 6.45) is 1.55. The van der Waals surface area contributed by atoms with Gasteiger partial charge in [0.05, 0.1) is 13.2 Å². The Hall–Kier alpha value is -1.85. The van der Waals surface area contributed by atoms with Gasteiger partial charge in [-0.1, -0.05) is 0 Å². The van der Waals surface area contributed by atoms with Crippen molar-refractivity contribution in [2.75, 3.05) is 13.7 Å². The van der Waals surface area contributed by atoms with Crippen LogP contribution in [0.25, 0.3) is 0 Å². The number of methoxy groups -OCH3 is 1. The normalized spacial score (nSPS) is 10.2. The Morgan fingerprint density at radius 2 is 1.69 bits per heavy atom. The smallest absolute Gasteiger partial charge is 0.344 e. The van der Waals surface area contributed by atoms with E-state index < -0.39 is 24.5 Å². The lowest BCUT2D eigenvalue weighted by Crippen LogP contribution is -2.14.